The molecule has 35 heavy (non-hydrogen) atoms. The third-order valence-electron chi connectivity index (χ3n) is 5.69. The van der Waals surface area contributed by atoms with Gasteiger partial charge in [-0.3, -0.25) is 0 Å². The lowest BCUT2D eigenvalue weighted by atomic mass is 10.0. The molecule has 0 bridgehead atoms. The Kier molecular flexibility index (Phi) is 11.0. The van der Waals surface area contributed by atoms with E-state index in [-0.39, 0.29) is 0 Å². The van der Waals surface area contributed by atoms with Gasteiger partial charge in [0.25, 0.3) is 0 Å². The molecule has 0 aliphatic heterocycles. The van der Waals surface area contributed by atoms with Crippen molar-refractivity contribution >= 4 is 17.6 Å². The van der Waals surface area contributed by atoms with Crippen LogP contribution in [0.3, 0.4) is 0 Å². The molecule has 0 saturated heterocycles. The minimum absolute atomic E-state index is 0.405. The molecule has 0 unspecified atom stereocenters. The number of unbranched alkanes of at least 4 members (excludes halogenated alkanes) is 5. The molecule has 0 radical (unpaired) electrons. The van der Waals surface area contributed by atoms with Gasteiger partial charge < -0.3 is 14.2 Å². The molecule has 0 heterocycles. The van der Waals surface area contributed by atoms with Gasteiger partial charge in [0.05, 0.1) is 23.8 Å². The molecule has 0 atom stereocenters. The summed E-state index contributed by atoms with van der Waals surface area (Å²) < 4.78 is 17.0. The maximum atomic E-state index is 12.6. The molecule has 4 nitrogen and oxygen atoms in total. The summed E-state index contributed by atoms with van der Waals surface area (Å²) in [4.78, 5) is 12.6. The molecule has 3 aromatic carbocycles. The predicted molar refractivity (Wildman–Crippen MR) is 143 cm³/mol. The van der Waals surface area contributed by atoms with Crippen molar-refractivity contribution in [1.29, 1.82) is 0 Å². The molecule has 0 aliphatic rings. The summed E-state index contributed by atoms with van der Waals surface area (Å²) in [7, 11) is 0. The molecular weight excluding hydrogens is 460 g/mol. The van der Waals surface area contributed by atoms with Gasteiger partial charge in [-0.2, -0.15) is 0 Å². The van der Waals surface area contributed by atoms with Crippen LogP contribution in [0.2, 0.25) is 5.02 Å². The molecule has 0 saturated carbocycles. The Morgan fingerprint density at radius 1 is 0.686 bits per heavy atom. The van der Waals surface area contributed by atoms with Gasteiger partial charge in [0.15, 0.2) is 0 Å². The van der Waals surface area contributed by atoms with E-state index in [4.69, 9.17) is 25.8 Å². The lowest BCUT2D eigenvalue weighted by molar-refractivity contribution is 0.0734. The maximum Gasteiger partial charge on any atom is 0.343 e. The monoisotopic (exact) mass is 494 g/mol. The second kappa shape index (κ2) is 14.4. The van der Waals surface area contributed by atoms with Crippen LogP contribution >= 0.6 is 11.6 Å². The summed E-state index contributed by atoms with van der Waals surface area (Å²) in [5.41, 5.74) is 2.40. The SMILES string of the molecule is CCCCCCOc1ccc(-c2ccc(C(=O)Oc3ccc(OCCCCC)cc3)cc2)cc1Cl. The Labute approximate surface area is 214 Å². The van der Waals surface area contributed by atoms with Crippen LogP contribution in [-0.2, 0) is 0 Å². The van der Waals surface area contributed by atoms with Gasteiger partial charge >= 0.3 is 5.97 Å². The van der Waals surface area contributed by atoms with Gasteiger partial charge in [-0.15, -0.1) is 0 Å². The molecule has 0 amide bonds. The average molecular weight is 495 g/mol. The van der Waals surface area contributed by atoms with E-state index in [1.807, 2.05) is 42.5 Å². The Morgan fingerprint density at radius 3 is 1.97 bits per heavy atom. The van der Waals surface area contributed by atoms with E-state index in [1.165, 1.54) is 19.3 Å². The number of benzene rings is 3. The van der Waals surface area contributed by atoms with E-state index in [0.29, 0.717) is 35.3 Å². The fourth-order valence-corrected chi connectivity index (χ4v) is 3.85. The Balaban J connectivity index is 1.53. The van der Waals surface area contributed by atoms with Crippen LogP contribution < -0.4 is 14.2 Å². The number of carbonyl (C=O) groups is 1. The molecule has 3 aromatic rings. The van der Waals surface area contributed by atoms with Crippen molar-refractivity contribution in [3.8, 4) is 28.4 Å². The number of carbonyl (C=O) groups excluding carboxylic acids is 1. The summed E-state index contributed by atoms with van der Waals surface area (Å²) in [6, 6.07) is 20.2. The summed E-state index contributed by atoms with van der Waals surface area (Å²) in [6.07, 6.45) is 7.97. The molecule has 186 valence electrons. The van der Waals surface area contributed by atoms with Crippen molar-refractivity contribution in [3.05, 3.63) is 77.3 Å². The Bertz CT molecular complexity index is 1040. The average Bonchev–Trinajstić information content (AvgIpc) is 2.88. The van der Waals surface area contributed by atoms with Crippen LogP contribution in [0.5, 0.6) is 17.2 Å². The third kappa shape index (κ3) is 8.63. The van der Waals surface area contributed by atoms with Gasteiger partial charge in [-0.05, 0) is 72.5 Å². The smallest absolute Gasteiger partial charge is 0.343 e. The summed E-state index contributed by atoms with van der Waals surface area (Å²) in [5, 5.41) is 0.583. The number of rotatable bonds is 14. The summed E-state index contributed by atoms with van der Waals surface area (Å²) in [6.45, 7) is 5.72. The van der Waals surface area contributed by atoms with Crippen molar-refractivity contribution in [1.82, 2.24) is 0 Å². The number of esters is 1. The standard InChI is InChI=1S/C30H35ClO4/c1-3-5-7-9-21-34-29-19-14-25(22-28(29)31)23-10-12-24(13-11-23)30(32)35-27-17-15-26(16-18-27)33-20-8-6-4-2/h10-19,22H,3-9,20-21H2,1-2H3. The molecule has 5 heteroatoms. The van der Waals surface area contributed by atoms with Crippen molar-refractivity contribution < 1.29 is 19.0 Å². The highest BCUT2D eigenvalue weighted by molar-refractivity contribution is 6.32. The van der Waals surface area contributed by atoms with Crippen LogP contribution in [0.4, 0.5) is 0 Å². The highest BCUT2D eigenvalue weighted by atomic mass is 35.5. The van der Waals surface area contributed by atoms with Gasteiger partial charge in [0.2, 0.25) is 0 Å². The quantitative estimate of drug-likeness (QED) is 0.128. The number of hydrogen-bond donors (Lipinski definition) is 0. The second-order valence-electron chi connectivity index (χ2n) is 8.55. The molecule has 0 aliphatic carbocycles. The molecule has 0 spiro atoms. The first-order valence-corrected chi connectivity index (χ1v) is 13.0. The number of hydrogen-bond acceptors (Lipinski definition) is 4. The van der Waals surface area contributed by atoms with Crippen molar-refractivity contribution in [2.24, 2.45) is 0 Å². The summed E-state index contributed by atoms with van der Waals surface area (Å²) in [5.74, 6) is 1.55. The van der Waals surface area contributed by atoms with Crippen LogP contribution in [-0.4, -0.2) is 19.2 Å². The van der Waals surface area contributed by atoms with E-state index in [9.17, 15) is 4.79 Å². The van der Waals surface area contributed by atoms with Gasteiger partial charge in [0.1, 0.15) is 17.2 Å². The summed E-state index contributed by atoms with van der Waals surface area (Å²) >= 11 is 6.44. The number of halogens is 1. The number of ether oxygens (including phenoxy) is 3. The Morgan fingerprint density at radius 2 is 1.29 bits per heavy atom. The van der Waals surface area contributed by atoms with Crippen LogP contribution in [0.15, 0.2) is 66.7 Å². The topological polar surface area (TPSA) is 44.8 Å². The van der Waals surface area contributed by atoms with Gasteiger partial charge in [-0.25, -0.2) is 4.79 Å². The molecule has 0 aromatic heterocycles. The zero-order chi connectivity index (χ0) is 24.9. The van der Waals surface area contributed by atoms with E-state index in [1.54, 1.807) is 24.3 Å². The largest absolute Gasteiger partial charge is 0.494 e. The highest BCUT2D eigenvalue weighted by Crippen LogP contribution is 2.31. The van der Waals surface area contributed by atoms with Crippen molar-refractivity contribution in [3.63, 3.8) is 0 Å². The minimum Gasteiger partial charge on any atom is -0.494 e. The minimum atomic E-state index is -0.405. The zero-order valence-corrected chi connectivity index (χ0v) is 21.5. The zero-order valence-electron chi connectivity index (χ0n) is 20.7. The fourth-order valence-electron chi connectivity index (χ4n) is 3.62. The van der Waals surface area contributed by atoms with Crippen LogP contribution in [0.25, 0.3) is 11.1 Å². The van der Waals surface area contributed by atoms with Crippen LogP contribution in [0, 0.1) is 0 Å². The van der Waals surface area contributed by atoms with Crippen molar-refractivity contribution in [2.45, 2.75) is 58.8 Å². The normalized spacial score (nSPS) is 10.7. The van der Waals surface area contributed by atoms with E-state index >= 15 is 0 Å². The van der Waals surface area contributed by atoms with Gasteiger partial charge in [0, 0.05) is 0 Å². The fraction of sp³-hybridized carbons (Fsp3) is 0.367. The third-order valence-corrected chi connectivity index (χ3v) is 5.99. The first-order chi connectivity index (χ1) is 17.1. The molecule has 0 N–H and O–H groups in total. The maximum absolute atomic E-state index is 12.6. The Hall–Kier alpha value is -2.98. The molecule has 3 rings (SSSR count). The van der Waals surface area contributed by atoms with Crippen LogP contribution in [0.1, 0.15) is 69.2 Å². The van der Waals surface area contributed by atoms with E-state index < -0.39 is 5.97 Å². The highest BCUT2D eigenvalue weighted by Gasteiger charge is 2.10. The first kappa shape index (κ1) is 26.6. The molecule has 0 fully saturated rings. The van der Waals surface area contributed by atoms with E-state index in [2.05, 4.69) is 13.8 Å². The lowest BCUT2D eigenvalue weighted by Crippen LogP contribution is -2.08. The van der Waals surface area contributed by atoms with Crippen molar-refractivity contribution in [2.75, 3.05) is 13.2 Å². The lowest BCUT2D eigenvalue weighted by Gasteiger charge is -2.10. The molecular formula is C30H35ClO4. The predicted octanol–water partition coefficient (Wildman–Crippen LogP) is 8.75. The first-order valence-electron chi connectivity index (χ1n) is 12.6. The second-order valence-corrected chi connectivity index (χ2v) is 8.96. The van der Waals surface area contributed by atoms with E-state index in [0.717, 1.165) is 42.6 Å². The van der Waals surface area contributed by atoms with Gasteiger partial charge in [-0.1, -0.05) is 75.8 Å².